The molecular weight excluding hydrogens is 266 g/mol. The van der Waals surface area contributed by atoms with E-state index in [-0.39, 0.29) is 24.4 Å². The summed E-state index contributed by atoms with van der Waals surface area (Å²) in [6, 6.07) is 10.00. The predicted octanol–water partition coefficient (Wildman–Crippen LogP) is 1.25. The maximum Gasteiger partial charge on any atom is 0.239 e. The van der Waals surface area contributed by atoms with Crippen LogP contribution in [0.2, 0.25) is 0 Å². The lowest BCUT2D eigenvalue weighted by atomic mass is 10.1. The molecule has 0 spiro atoms. The third-order valence-corrected chi connectivity index (χ3v) is 3.65. The third-order valence-electron chi connectivity index (χ3n) is 3.65. The van der Waals surface area contributed by atoms with Crippen LogP contribution in [0.5, 0.6) is 0 Å². The van der Waals surface area contributed by atoms with Crippen molar-refractivity contribution in [2.24, 2.45) is 0 Å². The molecule has 0 aliphatic carbocycles. The molecule has 1 saturated heterocycles. The summed E-state index contributed by atoms with van der Waals surface area (Å²) in [7, 11) is 0. The lowest BCUT2D eigenvalue weighted by Gasteiger charge is -2.32. The first-order chi connectivity index (χ1) is 10.2. The minimum atomic E-state index is -0.122. The SMILES string of the molecule is CCCC1CC(=O)N(CC(=O)NCc2ccccc2)CN1. The van der Waals surface area contributed by atoms with E-state index in [1.807, 2.05) is 30.3 Å². The van der Waals surface area contributed by atoms with E-state index < -0.39 is 0 Å². The first-order valence-corrected chi connectivity index (χ1v) is 7.51. The molecule has 2 N–H and O–H groups in total. The summed E-state index contributed by atoms with van der Waals surface area (Å²) < 4.78 is 0. The Morgan fingerprint density at radius 3 is 2.81 bits per heavy atom. The largest absolute Gasteiger partial charge is 0.350 e. The van der Waals surface area contributed by atoms with Crippen molar-refractivity contribution in [3.8, 4) is 0 Å². The topological polar surface area (TPSA) is 61.4 Å². The Labute approximate surface area is 125 Å². The molecule has 114 valence electrons. The highest BCUT2D eigenvalue weighted by atomic mass is 16.2. The molecule has 1 aliphatic rings. The van der Waals surface area contributed by atoms with Gasteiger partial charge in [-0.15, -0.1) is 0 Å². The molecule has 0 radical (unpaired) electrons. The lowest BCUT2D eigenvalue weighted by molar-refractivity contribution is -0.139. The van der Waals surface area contributed by atoms with E-state index in [9.17, 15) is 9.59 Å². The number of rotatable bonds is 6. The van der Waals surface area contributed by atoms with Crippen LogP contribution in [0.3, 0.4) is 0 Å². The molecule has 21 heavy (non-hydrogen) atoms. The molecule has 0 bridgehead atoms. The molecule has 1 atom stereocenters. The first-order valence-electron chi connectivity index (χ1n) is 7.51. The van der Waals surface area contributed by atoms with Crippen molar-refractivity contribution in [2.75, 3.05) is 13.2 Å². The van der Waals surface area contributed by atoms with Gasteiger partial charge in [-0.1, -0.05) is 43.7 Å². The highest BCUT2D eigenvalue weighted by Gasteiger charge is 2.25. The molecule has 5 nitrogen and oxygen atoms in total. The van der Waals surface area contributed by atoms with Crippen LogP contribution in [0.15, 0.2) is 30.3 Å². The summed E-state index contributed by atoms with van der Waals surface area (Å²) >= 11 is 0. The molecule has 5 heteroatoms. The Kier molecular flexibility index (Phi) is 5.75. The Morgan fingerprint density at radius 1 is 1.38 bits per heavy atom. The fourth-order valence-corrected chi connectivity index (χ4v) is 2.46. The maximum absolute atomic E-state index is 12.0. The van der Waals surface area contributed by atoms with E-state index in [4.69, 9.17) is 0 Å². The number of carbonyl (C=O) groups excluding carboxylic acids is 2. The summed E-state index contributed by atoms with van der Waals surface area (Å²) in [6.45, 7) is 3.18. The molecule has 1 unspecified atom stereocenters. The van der Waals surface area contributed by atoms with Gasteiger partial charge in [0.25, 0.3) is 0 Å². The van der Waals surface area contributed by atoms with Gasteiger partial charge in [0.1, 0.15) is 6.54 Å². The second-order valence-electron chi connectivity index (χ2n) is 5.41. The van der Waals surface area contributed by atoms with Crippen molar-refractivity contribution in [3.63, 3.8) is 0 Å². The van der Waals surface area contributed by atoms with Crippen LogP contribution < -0.4 is 10.6 Å². The van der Waals surface area contributed by atoms with E-state index in [1.54, 1.807) is 4.90 Å². The Balaban J connectivity index is 1.74. The minimum absolute atomic E-state index is 0.0575. The predicted molar refractivity (Wildman–Crippen MR) is 81.3 cm³/mol. The Bertz CT molecular complexity index is 476. The van der Waals surface area contributed by atoms with Crippen molar-refractivity contribution >= 4 is 11.8 Å². The number of hydrogen-bond acceptors (Lipinski definition) is 3. The zero-order valence-electron chi connectivity index (χ0n) is 12.5. The molecule has 1 fully saturated rings. The van der Waals surface area contributed by atoms with Crippen molar-refractivity contribution in [1.29, 1.82) is 0 Å². The molecule has 2 rings (SSSR count). The maximum atomic E-state index is 12.0. The molecule has 1 heterocycles. The quantitative estimate of drug-likeness (QED) is 0.828. The van der Waals surface area contributed by atoms with Gasteiger partial charge in [0.15, 0.2) is 0 Å². The van der Waals surface area contributed by atoms with Crippen LogP contribution in [0, 0.1) is 0 Å². The van der Waals surface area contributed by atoms with Gasteiger partial charge in [-0.2, -0.15) is 0 Å². The van der Waals surface area contributed by atoms with Gasteiger partial charge in [0.2, 0.25) is 11.8 Å². The number of carbonyl (C=O) groups is 2. The van der Waals surface area contributed by atoms with E-state index in [0.717, 1.165) is 18.4 Å². The average Bonchev–Trinajstić information content (AvgIpc) is 2.49. The molecule has 1 aromatic rings. The van der Waals surface area contributed by atoms with Crippen LogP contribution in [0.4, 0.5) is 0 Å². The molecular formula is C16H23N3O2. The van der Waals surface area contributed by atoms with Crippen molar-refractivity contribution in [3.05, 3.63) is 35.9 Å². The van der Waals surface area contributed by atoms with E-state index in [1.165, 1.54) is 0 Å². The van der Waals surface area contributed by atoms with Gasteiger partial charge >= 0.3 is 0 Å². The summed E-state index contributed by atoms with van der Waals surface area (Å²) in [6.07, 6.45) is 2.54. The van der Waals surface area contributed by atoms with Crippen LogP contribution in [0.1, 0.15) is 31.7 Å². The average molecular weight is 289 g/mol. The van der Waals surface area contributed by atoms with Gasteiger partial charge in [0.05, 0.1) is 6.67 Å². The second kappa shape index (κ2) is 7.78. The van der Waals surface area contributed by atoms with Crippen molar-refractivity contribution in [1.82, 2.24) is 15.5 Å². The Hall–Kier alpha value is -1.88. The second-order valence-corrected chi connectivity index (χ2v) is 5.41. The molecule has 2 amide bonds. The van der Waals surface area contributed by atoms with Crippen LogP contribution in [-0.4, -0.2) is 36.0 Å². The number of amides is 2. The fourth-order valence-electron chi connectivity index (χ4n) is 2.46. The van der Waals surface area contributed by atoms with E-state index in [2.05, 4.69) is 17.6 Å². The summed E-state index contributed by atoms with van der Waals surface area (Å²) in [5.41, 5.74) is 1.05. The van der Waals surface area contributed by atoms with Gasteiger partial charge in [-0.3, -0.25) is 14.9 Å². The molecule has 1 aliphatic heterocycles. The summed E-state index contributed by atoms with van der Waals surface area (Å²) in [5, 5.41) is 6.15. The third kappa shape index (κ3) is 4.86. The van der Waals surface area contributed by atoms with Crippen LogP contribution in [-0.2, 0) is 16.1 Å². The first kappa shape index (κ1) is 15.5. The fraction of sp³-hybridized carbons (Fsp3) is 0.500. The minimum Gasteiger partial charge on any atom is -0.350 e. The normalized spacial score (nSPS) is 18.6. The Morgan fingerprint density at radius 2 is 2.14 bits per heavy atom. The van der Waals surface area contributed by atoms with Gasteiger partial charge in [-0.25, -0.2) is 0 Å². The van der Waals surface area contributed by atoms with Crippen LogP contribution >= 0.6 is 0 Å². The van der Waals surface area contributed by atoms with Crippen molar-refractivity contribution < 1.29 is 9.59 Å². The molecule has 1 aromatic carbocycles. The highest BCUT2D eigenvalue weighted by Crippen LogP contribution is 2.09. The van der Waals surface area contributed by atoms with Crippen LogP contribution in [0.25, 0.3) is 0 Å². The number of nitrogens with zero attached hydrogens (tertiary/aromatic N) is 1. The lowest BCUT2D eigenvalue weighted by Crippen LogP contribution is -2.53. The summed E-state index contributed by atoms with van der Waals surface area (Å²) in [5.74, 6) is -0.0648. The van der Waals surface area contributed by atoms with E-state index in [0.29, 0.717) is 19.6 Å². The molecule has 0 aromatic heterocycles. The van der Waals surface area contributed by atoms with E-state index >= 15 is 0 Å². The number of nitrogens with one attached hydrogen (secondary N) is 2. The van der Waals surface area contributed by atoms with Crippen molar-refractivity contribution in [2.45, 2.75) is 38.8 Å². The smallest absolute Gasteiger partial charge is 0.239 e. The van der Waals surface area contributed by atoms with Gasteiger partial charge < -0.3 is 10.2 Å². The standard InChI is InChI=1S/C16H23N3O2/c1-2-6-14-9-16(21)19(12-18-14)11-15(20)17-10-13-7-4-3-5-8-13/h3-5,7-8,14,18H,2,6,9-12H2,1H3,(H,17,20). The zero-order chi connectivity index (χ0) is 15.1. The number of benzene rings is 1. The summed E-state index contributed by atoms with van der Waals surface area (Å²) in [4.78, 5) is 25.5. The monoisotopic (exact) mass is 289 g/mol. The zero-order valence-corrected chi connectivity index (χ0v) is 12.5. The number of hydrogen-bond donors (Lipinski definition) is 2. The van der Waals surface area contributed by atoms with Gasteiger partial charge in [-0.05, 0) is 12.0 Å². The highest BCUT2D eigenvalue weighted by molar-refractivity contribution is 5.85. The van der Waals surface area contributed by atoms with Gasteiger partial charge in [0, 0.05) is 19.0 Å². The molecule has 0 saturated carbocycles.